The lowest BCUT2D eigenvalue weighted by molar-refractivity contribution is 0.102. The number of fused-ring (bicyclic) bond motifs is 1. The van der Waals surface area contributed by atoms with Crippen molar-refractivity contribution in [2.24, 2.45) is 0 Å². The highest BCUT2D eigenvalue weighted by molar-refractivity contribution is 6.05. The van der Waals surface area contributed by atoms with E-state index < -0.39 is 5.76 Å². The second-order valence-corrected chi connectivity index (χ2v) is 6.30. The number of H-pyrrole nitrogens is 1. The van der Waals surface area contributed by atoms with Crippen molar-refractivity contribution < 1.29 is 18.5 Å². The molecule has 0 atom stereocenters. The Labute approximate surface area is 159 Å². The third-order valence-electron chi connectivity index (χ3n) is 4.34. The zero-order valence-electron chi connectivity index (χ0n) is 15.2. The highest BCUT2D eigenvalue weighted by Gasteiger charge is 2.12. The maximum atomic E-state index is 12.6. The van der Waals surface area contributed by atoms with Gasteiger partial charge >= 0.3 is 5.76 Å². The molecule has 0 bridgehead atoms. The number of amides is 1. The van der Waals surface area contributed by atoms with Gasteiger partial charge in [0.05, 0.1) is 16.8 Å². The third kappa shape index (κ3) is 3.52. The van der Waals surface area contributed by atoms with Gasteiger partial charge in [-0.1, -0.05) is 11.2 Å². The molecule has 142 valence electrons. The average Bonchev–Trinajstić information content (AvgIpc) is 3.21. The molecular weight excluding hydrogens is 362 g/mol. The Hall–Kier alpha value is -3.81. The Morgan fingerprint density at radius 1 is 1.21 bits per heavy atom. The number of hydrogen-bond acceptors (Lipinski definition) is 6. The zero-order valence-corrected chi connectivity index (χ0v) is 15.2. The van der Waals surface area contributed by atoms with Crippen molar-refractivity contribution in [2.75, 3.05) is 5.32 Å². The minimum atomic E-state index is -0.540. The summed E-state index contributed by atoms with van der Waals surface area (Å²) in [7, 11) is 0. The summed E-state index contributed by atoms with van der Waals surface area (Å²) in [5, 5.41) is 6.69. The number of rotatable bonds is 5. The zero-order chi connectivity index (χ0) is 19.7. The predicted molar refractivity (Wildman–Crippen MR) is 102 cm³/mol. The normalized spacial score (nSPS) is 10.9. The molecular formula is C20H17N3O5. The van der Waals surface area contributed by atoms with E-state index in [2.05, 4.69) is 15.5 Å². The van der Waals surface area contributed by atoms with Crippen molar-refractivity contribution >= 4 is 22.7 Å². The Morgan fingerprint density at radius 2 is 2.07 bits per heavy atom. The van der Waals surface area contributed by atoms with Crippen LogP contribution < -0.4 is 15.8 Å². The van der Waals surface area contributed by atoms with Gasteiger partial charge in [0, 0.05) is 11.3 Å². The quantitative estimate of drug-likeness (QED) is 0.549. The topological polar surface area (TPSA) is 110 Å². The minimum absolute atomic E-state index is 0.298. The molecule has 8 nitrogen and oxygen atoms in total. The summed E-state index contributed by atoms with van der Waals surface area (Å²) in [5.41, 5.74) is 3.59. The van der Waals surface area contributed by atoms with Crippen LogP contribution in [0.5, 0.6) is 5.75 Å². The van der Waals surface area contributed by atoms with Crippen molar-refractivity contribution in [3.05, 3.63) is 75.6 Å². The number of aryl methyl sites for hydroxylation is 2. The van der Waals surface area contributed by atoms with Gasteiger partial charge in [-0.05, 0) is 50.2 Å². The van der Waals surface area contributed by atoms with Crippen LogP contribution in [-0.2, 0) is 6.61 Å². The van der Waals surface area contributed by atoms with Gasteiger partial charge in [0.2, 0.25) is 0 Å². The summed E-state index contributed by atoms with van der Waals surface area (Å²) in [6.07, 6.45) is 0. The van der Waals surface area contributed by atoms with E-state index >= 15 is 0 Å². The van der Waals surface area contributed by atoms with Crippen LogP contribution in [0, 0.1) is 13.8 Å². The van der Waals surface area contributed by atoms with Crippen LogP contribution in [0.15, 0.2) is 56.2 Å². The number of hydrogen-bond donors (Lipinski definition) is 2. The Bertz CT molecular complexity index is 1200. The maximum absolute atomic E-state index is 12.6. The third-order valence-corrected chi connectivity index (χ3v) is 4.34. The molecule has 1 amide bonds. The van der Waals surface area contributed by atoms with Crippen molar-refractivity contribution in [2.45, 2.75) is 20.5 Å². The number of benzene rings is 2. The van der Waals surface area contributed by atoms with E-state index in [0.29, 0.717) is 40.5 Å². The van der Waals surface area contributed by atoms with Crippen LogP contribution in [0.4, 0.5) is 5.69 Å². The molecule has 0 saturated heterocycles. The van der Waals surface area contributed by atoms with E-state index in [-0.39, 0.29) is 5.91 Å². The standard InChI is InChI=1S/C20H17N3O5/c1-11-16(12(2)28-23-11)10-26-15-5-3-4-13(8-15)19(24)21-14-6-7-18-17(9-14)22-20(25)27-18/h3-9H,10H2,1-2H3,(H,21,24)(H,22,25). The van der Waals surface area contributed by atoms with E-state index in [4.69, 9.17) is 13.7 Å². The monoisotopic (exact) mass is 379 g/mol. The van der Waals surface area contributed by atoms with Crippen LogP contribution in [0.3, 0.4) is 0 Å². The van der Waals surface area contributed by atoms with Crippen molar-refractivity contribution in [1.82, 2.24) is 10.1 Å². The molecule has 0 aliphatic rings. The molecule has 0 unspecified atom stereocenters. The summed E-state index contributed by atoms with van der Waals surface area (Å²) in [6, 6.07) is 11.8. The fourth-order valence-corrected chi connectivity index (χ4v) is 2.82. The van der Waals surface area contributed by atoms with Gasteiger partial charge in [0.15, 0.2) is 5.58 Å². The van der Waals surface area contributed by atoms with Crippen molar-refractivity contribution in [1.29, 1.82) is 0 Å². The average molecular weight is 379 g/mol. The first-order valence-electron chi connectivity index (χ1n) is 8.58. The van der Waals surface area contributed by atoms with Crippen molar-refractivity contribution in [3.63, 3.8) is 0 Å². The number of carbonyl (C=O) groups excluding carboxylic acids is 1. The Morgan fingerprint density at radius 3 is 2.86 bits per heavy atom. The largest absolute Gasteiger partial charge is 0.489 e. The van der Waals surface area contributed by atoms with Crippen LogP contribution in [0.25, 0.3) is 11.1 Å². The molecule has 2 heterocycles. The number of anilines is 1. The van der Waals surface area contributed by atoms with Crippen LogP contribution in [0.2, 0.25) is 0 Å². The van der Waals surface area contributed by atoms with Crippen LogP contribution >= 0.6 is 0 Å². The van der Waals surface area contributed by atoms with Gasteiger partial charge < -0.3 is 19.0 Å². The van der Waals surface area contributed by atoms with Crippen LogP contribution in [0.1, 0.15) is 27.4 Å². The SMILES string of the molecule is Cc1noc(C)c1COc1cccc(C(=O)Nc2ccc3oc(=O)[nH]c3c2)c1. The molecule has 0 saturated carbocycles. The van der Waals surface area contributed by atoms with Gasteiger partial charge in [0.1, 0.15) is 18.1 Å². The van der Waals surface area contributed by atoms with Crippen LogP contribution in [-0.4, -0.2) is 16.0 Å². The molecule has 8 heteroatoms. The summed E-state index contributed by atoms with van der Waals surface area (Å²) in [5.74, 6) is 0.427. The molecule has 2 aromatic heterocycles. The number of carbonyl (C=O) groups is 1. The molecule has 0 radical (unpaired) electrons. The highest BCUT2D eigenvalue weighted by atomic mass is 16.5. The second-order valence-electron chi connectivity index (χ2n) is 6.30. The smallest absolute Gasteiger partial charge is 0.417 e. The number of aromatic amines is 1. The number of nitrogens with one attached hydrogen (secondary N) is 2. The summed E-state index contributed by atoms with van der Waals surface area (Å²) >= 11 is 0. The summed E-state index contributed by atoms with van der Waals surface area (Å²) in [6.45, 7) is 3.98. The van der Waals surface area contributed by atoms with Gasteiger partial charge in [-0.15, -0.1) is 0 Å². The highest BCUT2D eigenvalue weighted by Crippen LogP contribution is 2.20. The number of aromatic nitrogens is 2. The fraction of sp³-hybridized carbons (Fsp3) is 0.150. The molecule has 4 aromatic rings. The van der Waals surface area contributed by atoms with E-state index in [0.717, 1.165) is 11.3 Å². The second kappa shape index (κ2) is 7.07. The van der Waals surface area contributed by atoms with E-state index in [1.54, 1.807) is 42.5 Å². The summed E-state index contributed by atoms with van der Waals surface area (Å²) < 4.78 is 15.9. The molecule has 4 rings (SSSR count). The first kappa shape index (κ1) is 17.6. The Balaban J connectivity index is 1.48. The van der Waals surface area contributed by atoms with E-state index in [9.17, 15) is 9.59 Å². The van der Waals surface area contributed by atoms with Gasteiger partial charge in [0.25, 0.3) is 5.91 Å². The molecule has 28 heavy (non-hydrogen) atoms. The fourth-order valence-electron chi connectivity index (χ4n) is 2.82. The number of oxazole rings is 1. The van der Waals surface area contributed by atoms with Gasteiger partial charge in [-0.2, -0.15) is 0 Å². The van der Waals surface area contributed by atoms with Gasteiger partial charge in [-0.25, -0.2) is 4.79 Å². The number of nitrogens with zero attached hydrogens (tertiary/aromatic N) is 1. The lowest BCUT2D eigenvalue weighted by atomic mass is 10.2. The Kier molecular flexibility index (Phi) is 4.44. The molecule has 0 aliphatic carbocycles. The van der Waals surface area contributed by atoms with Crippen molar-refractivity contribution in [3.8, 4) is 5.75 Å². The molecule has 2 aromatic carbocycles. The molecule has 0 spiro atoms. The lowest BCUT2D eigenvalue weighted by Crippen LogP contribution is -2.12. The minimum Gasteiger partial charge on any atom is -0.489 e. The first-order valence-corrected chi connectivity index (χ1v) is 8.58. The van der Waals surface area contributed by atoms with E-state index in [1.807, 2.05) is 13.8 Å². The molecule has 0 fully saturated rings. The first-order chi connectivity index (χ1) is 13.5. The predicted octanol–water partition coefficient (Wildman–Crippen LogP) is 3.56. The molecule has 0 aliphatic heterocycles. The number of ether oxygens (including phenoxy) is 1. The summed E-state index contributed by atoms with van der Waals surface area (Å²) in [4.78, 5) is 26.4. The van der Waals surface area contributed by atoms with E-state index in [1.165, 1.54) is 0 Å². The maximum Gasteiger partial charge on any atom is 0.417 e. The molecule has 2 N–H and O–H groups in total. The lowest BCUT2D eigenvalue weighted by Gasteiger charge is -2.09. The van der Waals surface area contributed by atoms with Gasteiger partial charge in [-0.3, -0.25) is 9.78 Å².